The largest absolute Gasteiger partial charge is 0.493 e. The minimum atomic E-state index is -0.535. The Morgan fingerprint density at radius 1 is 1.03 bits per heavy atom. The third-order valence-electron chi connectivity index (χ3n) is 4.47. The number of ether oxygens (including phenoxy) is 3. The maximum absolute atomic E-state index is 12.5. The maximum Gasteiger partial charge on any atom is 0.363 e. The predicted octanol–water partition coefficient (Wildman–Crippen LogP) is 5.47. The third-order valence-corrected chi connectivity index (χ3v) is 5.99. The highest BCUT2D eigenvalue weighted by Gasteiger charge is 2.25. The van der Waals surface area contributed by atoms with E-state index in [2.05, 4.69) is 50.2 Å². The topological polar surface area (TPSA) is 74.2 Å². The number of nitrogens with zero attached hydrogens (tertiary/aromatic N) is 1. The summed E-state index contributed by atoms with van der Waals surface area (Å²) in [6.45, 7) is 0. The Morgan fingerprint density at radius 2 is 1.75 bits per heavy atom. The van der Waals surface area contributed by atoms with Crippen molar-refractivity contribution in [2.75, 3.05) is 7.11 Å². The zero-order valence-electron chi connectivity index (χ0n) is 16.7. The van der Waals surface area contributed by atoms with E-state index in [9.17, 15) is 9.59 Å². The highest BCUT2D eigenvalue weighted by atomic mass is 127. The lowest BCUT2D eigenvalue weighted by atomic mass is 10.1. The molecule has 32 heavy (non-hydrogen) atoms. The summed E-state index contributed by atoms with van der Waals surface area (Å²) in [5.41, 5.74) is 1.98. The van der Waals surface area contributed by atoms with Crippen LogP contribution in [0.25, 0.3) is 6.08 Å². The molecule has 1 heterocycles. The molecule has 3 aromatic rings. The van der Waals surface area contributed by atoms with E-state index in [-0.39, 0.29) is 11.6 Å². The fraction of sp³-hybridized carbons (Fsp3) is 0.0417. The molecule has 0 saturated carbocycles. The summed E-state index contributed by atoms with van der Waals surface area (Å²) in [6.07, 6.45) is 1.61. The van der Waals surface area contributed by atoms with Crippen molar-refractivity contribution in [1.82, 2.24) is 0 Å². The molecule has 3 aromatic carbocycles. The predicted molar refractivity (Wildman–Crippen MR) is 137 cm³/mol. The van der Waals surface area contributed by atoms with E-state index >= 15 is 0 Å². The second-order valence-corrected chi connectivity index (χ2v) is 9.04. The van der Waals surface area contributed by atoms with Gasteiger partial charge in [0.25, 0.3) is 0 Å². The van der Waals surface area contributed by atoms with Gasteiger partial charge in [0, 0.05) is 9.13 Å². The summed E-state index contributed by atoms with van der Waals surface area (Å²) in [7, 11) is 1.49. The van der Waals surface area contributed by atoms with Crippen LogP contribution < -0.4 is 9.47 Å². The molecule has 0 fully saturated rings. The molecule has 0 N–H and O–H groups in total. The maximum atomic E-state index is 12.5. The average Bonchev–Trinajstić information content (AvgIpc) is 3.16. The lowest BCUT2D eigenvalue weighted by Gasteiger charge is -2.12. The van der Waals surface area contributed by atoms with Gasteiger partial charge in [0.05, 0.1) is 16.2 Å². The van der Waals surface area contributed by atoms with Gasteiger partial charge in [-0.1, -0.05) is 18.2 Å². The number of esters is 2. The van der Waals surface area contributed by atoms with Gasteiger partial charge >= 0.3 is 11.9 Å². The summed E-state index contributed by atoms with van der Waals surface area (Å²) in [5.74, 6) is -0.0960. The summed E-state index contributed by atoms with van der Waals surface area (Å²) in [4.78, 5) is 29.1. The molecule has 0 aromatic heterocycles. The monoisotopic (exact) mass is 651 g/mol. The van der Waals surface area contributed by atoms with Crippen LogP contribution in [0.5, 0.6) is 11.5 Å². The molecule has 160 valence electrons. The van der Waals surface area contributed by atoms with Crippen LogP contribution in [0.3, 0.4) is 0 Å². The number of carbonyl (C=O) groups is 2. The normalized spacial score (nSPS) is 14.2. The van der Waals surface area contributed by atoms with Gasteiger partial charge in [-0.25, -0.2) is 14.6 Å². The molecule has 6 nitrogen and oxygen atoms in total. The van der Waals surface area contributed by atoms with Crippen molar-refractivity contribution >= 4 is 69.1 Å². The first kappa shape index (κ1) is 22.5. The van der Waals surface area contributed by atoms with Gasteiger partial charge in [0.1, 0.15) is 0 Å². The number of benzene rings is 3. The Labute approximate surface area is 211 Å². The van der Waals surface area contributed by atoms with E-state index in [1.165, 1.54) is 7.11 Å². The molecule has 0 spiro atoms. The highest BCUT2D eigenvalue weighted by Crippen LogP contribution is 2.35. The first-order valence-corrected chi connectivity index (χ1v) is 11.5. The number of cyclic esters (lactones) is 1. The molecule has 0 radical (unpaired) electrons. The first-order chi connectivity index (χ1) is 15.4. The van der Waals surface area contributed by atoms with Crippen LogP contribution in [0.1, 0.15) is 21.5 Å². The van der Waals surface area contributed by atoms with E-state index in [0.29, 0.717) is 26.2 Å². The highest BCUT2D eigenvalue weighted by molar-refractivity contribution is 14.1. The molecular weight excluding hydrogens is 636 g/mol. The summed E-state index contributed by atoms with van der Waals surface area (Å²) in [5, 5.41) is 0. The van der Waals surface area contributed by atoms with Crippen molar-refractivity contribution in [2.24, 2.45) is 4.99 Å². The second-order valence-electron chi connectivity index (χ2n) is 6.63. The Hall–Kier alpha value is -2.73. The summed E-state index contributed by atoms with van der Waals surface area (Å²) < 4.78 is 18.0. The van der Waals surface area contributed by atoms with E-state index in [0.717, 1.165) is 9.13 Å². The molecule has 0 aliphatic carbocycles. The molecule has 0 unspecified atom stereocenters. The van der Waals surface area contributed by atoms with Crippen LogP contribution in [0.4, 0.5) is 0 Å². The molecule has 1 aliphatic rings. The van der Waals surface area contributed by atoms with Crippen LogP contribution >= 0.6 is 45.2 Å². The van der Waals surface area contributed by atoms with Gasteiger partial charge < -0.3 is 14.2 Å². The van der Waals surface area contributed by atoms with E-state index in [1.807, 2.05) is 30.3 Å². The van der Waals surface area contributed by atoms with Crippen molar-refractivity contribution < 1.29 is 23.8 Å². The van der Waals surface area contributed by atoms with Crippen LogP contribution in [0.15, 0.2) is 77.4 Å². The van der Waals surface area contributed by atoms with Crippen LogP contribution in [-0.4, -0.2) is 24.9 Å². The molecule has 4 rings (SSSR count). The Morgan fingerprint density at radius 3 is 2.44 bits per heavy atom. The van der Waals surface area contributed by atoms with Crippen molar-refractivity contribution in [3.8, 4) is 11.5 Å². The molecular formula is C24H15I2NO5. The summed E-state index contributed by atoms with van der Waals surface area (Å²) in [6, 6.07) is 19.7. The standard InChI is InChI=1S/C24H15I2NO5/c1-30-20-13-14(11-18(26)21(20)31-23(28)16-5-3-2-4-6-16)12-19-24(29)32-22(27-19)15-7-9-17(25)10-8-15/h2-13H,1H3/b19-12-. The Balaban J connectivity index is 1.62. The third kappa shape index (κ3) is 5.01. The number of rotatable bonds is 5. The number of hydrogen-bond acceptors (Lipinski definition) is 6. The SMILES string of the molecule is COc1cc(/C=C2\N=C(c3ccc(I)cc3)OC2=O)cc(I)c1OC(=O)c1ccccc1. The minimum Gasteiger partial charge on any atom is -0.493 e. The minimum absolute atomic E-state index is 0.172. The van der Waals surface area contributed by atoms with Crippen molar-refractivity contribution in [3.05, 3.63) is 96.3 Å². The van der Waals surface area contributed by atoms with Crippen LogP contribution in [0, 0.1) is 7.14 Å². The molecule has 8 heteroatoms. The average molecular weight is 651 g/mol. The lowest BCUT2D eigenvalue weighted by molar-refractivity contribution is -0.129. The number of aliphatic imine (C=N–C) groups is 1. The number of hydrogen-bond donors (Lipinski definition) is 0. The molecule has 1 aliphatic heterocycles. The fourth-order valence-corrected chi connectivity index (χ4v) is 4.03. The van der Waals surface area contributed by atoms with Gasteiger partial charge in [0.2, 0.25) is 5.90 Å². The number of methoxy groups -OCH3 is 1. The molecule has 0 saturated heterocycles. The zero-order chi connectivity index (χ0) is 22.7. The fourth-order valence-electron chi connectivity index (χ4n) is 2.93. The van der Waals surface area contributed by atoms with Crippen LogP contribution in [0.2, 0.25) is 0 Å². The van der Waals surface area contributed by atoms with Gasteiger partial charge in [-0.15, -0.1) is 0 Å². The number of halogens is 2. The summed E-state index contributed by atoms with van der Waals surface area (Å²) >= 11 is 4.26. The van der Waals surface area contributed by atoms with Gasteiger partial charge in [-0.05, 0) is 105 Å². The van der Waals surface area contributed by atoms with E-state index in [1.54, 1.807) is 42.5 Å². The lowest BCUT2D eigenvalue weighted by Crippen LogP contribution is -2.10. The van der Waals surface area contributed by atoms with E-state index in [4.69, 9.17) is 14.2 Å². The van der Waals surface area contributed by atoms with Crippen molar-refractivity contribution in [1.29, 1.82) is 0 Å². The molecule has 0 amide bonds. The number of carbonyl (C=O) groups excluding carboxylic acids is 2. The van der Waals surface area contributed by atoms with Crippen LogP contribution in [-0.2, 0) is 9.53 Å². The smallest absolute Gasteiger partial charge is 0.363 e. The van der Waals surface area contributed by atoms with Crippen molar-refractivity contribution in [2.45, 2.75) is 0 Å². The zero-order valence-corrected chi connectivity index (χ0v) is 21.0. The van der Waals surface area contributed by atoms with E-state index < -0.39 is 11.9 Å². The Bertz CT molecular complexity index is 1250. The van der Waals surface area contributed by atoms with Gasteiger partial charge in [-0.2, -0.15) is 0 Å². The first-order valence-electron chi connectivity index (χ1n) is 9.38. The molecule has 0 bridgehead atoms. The quantitative estimate of drug-likeness (QED) is 0.159. The van der Waals surface area contributed by atoms with Crippen molar-refractivity contribution in [3.63, 3.8) is 0 Å². The Kier molecular flexibility index (Phi) is 6.89. The van der Waals surface area contributed by atoms with Gasteiger partial charge in [0.15, 0.2) is 17.2 Å². The molecule has 0 atom stereocenters. The van der Waals surface area contributed by atoms with Gasteiger partial charge in [-0.3, -0.25) is 0 Å². The second kappa shape index (κ2) is 9.82.